The average Bonchev–Trinajstić information content (AvgIpc) is 3.12. The first-order chi connectivity index (χ1) is 12.3. The number of benzene rings is 1. The van der Waals surface area contributed by atoms with Crippen LogP contribution in [0.1, 0.15) is 30.5 Å². The summed E-state index contributed by atoms with van der Waals surface area (Å²) in [6.45, 7) is 0.652. The number of alkyl halides is 3. The summed E-state index contributed by atoms with van der Waals surface area (Å²) < 4.78 is 47.7. The summed E-state index contributed by atoms with van der Waals surface area (Å²) in [4.78, 5) is 13.8. The Morgan fingerprint density at radius 3 is 2.46 bits per heavy atom. The van der Waals surface area contributed by atoms with Crippen molar-refractivity contribution in [3.63, 3.8) is 0 Å². The van der Waals surface area contributed by atoms with Crippen LogP contribution in [0.3, 0.4) is 0 Å². The molecule has 0 aliphatic carbocycles. The van der Waals surface area contributed by atoms with Gasteiger partial charge in [0.1, 0.15) is 5.75 Å². The molecule has 0 saturated carbocycles. The van der Waals surface area contributed by atoms with E-state index in [0.717, 1.165) is 0 Å². The lowest BCUT2D eigenvalue weighted by Crippen LogP contribution is -2.40. The van der Waals surface area contributed by atoms with Crippen LogP contribution in [0.25, 0.3) is 0 Å². The first-order valence-corrected chi connectivity index (χ1v) is 8.27. The minimum atomic E-state index is -4.65. The van der Waals surface area contributed by atoms with Crippen molar-refractivity contribution in [3.05, 3.63) is 41.1 Å². The van der Waals surface area contributed by atoms with Gasteiger partial charge in [-0.2, -0.15) is 13.2 Å². The smallest absolute Gasteiger partial charge is 0.470 e. The van der Waals surface area contributed by atoms with Crippen LogP contribution in [0.5, 0.6) is 5.75 Å². The molecule has 0 radical (unpaired) electrons. The van der Waals surface area contributed by atoms with Crippen molar-refractivity contribution in [1.29, 1.82) is 0 Å². The Balaban J connectivity index is 1.49. The van der Waals surface area contributed by atoms with Crippen LogP contribution in [0, 0.1) is 0 Å². The Kier molecular flexibility index (Phi) is 5.36. The van der Waals surface area contributed by atoms with Crippen LogP contribution in [-0.2, 0) is 11.0 Å². The molecule has 2 aromatic rings. The van der Waals surface area contributed by atoms with Crippen molar-refractivity contribution in [2.75, 3.05) is 19.7 Å². The number of rotatable bonds is 4. The van der Waals surface area contributed by atoms with Gasteiger partial charge in [-0.1, -0.05) is 11.6 Å². The van der Waals surface area contributed by atoms with Crippen molar-refractivity contribution in [2.45, 2.75) is 24.9 Å². The number of aromatic nitrogens is 2. The second-order valence-corrected chi connectivity index (χ2v) is 6.28. The third-order valence-electron chi connectivity index (χ3n) is 4.06. The number of halogens is 4. The topological polar surface area (TPSA) is 68.5 Å². The highest BCUT2D eigenvalue weighted by atomic mass is 35.5. The summed E-state index contributed by atoms with van der Waals surface area (Å²) in [5, 5.41) is 7.09. The number of ether oxygens (including phenoxy) is 1. The van der Waals surface area contributed by atoms with E-state index in [-0.39, 0.29) is 24.3 Å². The van der Waals surface area contributed by atoms with Gasteiger partial charge in [-0.3, -0.25) is 4.79 Å². The highest BCUT2D eigenvalue weighted by molar-refractivity contribution is 6.30. The SMILES string of the molecule is O=C(COc1ccc(Cl)cc1)N1CCC(c2nnc(C(F)(F)F)o2)CC1. The van der Waals surface area contributed by atoms with Crippen molar-refractivity contribution in [1.82, 2.24) is 15.1 Å². The minimum absolute atomic E-state index is 0.0400. The number of piperidine rings is 1. The Bertz CT molecular complexity index is 756. The summed E-state index contributed by atoms with van der Waals surface area (Å²) in [7, 11) is 0. The third kappa shape index (κ3) is 4.46. The average molecular weight is 390 g/mol. The first kappa shape index (κ1) is 18.5. The Hall–Kier alpha value is -2.29. The largest absolute Gasteiger partial charge is 0.484 e. The number of carbonyl (C=O) groups excluding carboxylic acids is 1. The summed E-state index contributed by atoms with van der Waals surface area (Å²) in [6.07, 6.45) is -3.75. The predicted octanol–water partition coefficient (Wildman–Crippen LogP) is 3.53. The number of carbonyl (C=O) groups is 1. The minimum Gasteiger partial charge on any atom is -0.484 e. The number of likely N-dealkylation sites (tertiary alicyclic amines) is 1. The fourth-order valence-electron chi connectivity index (χ4n) is 2.66. The van der Waals surface area contributed by atoms with Gasteiger partial charge in [0, 0.05) is 24.0 Å². The van der Waals surface area contributed by atoms with E-state index in [1.165, 1.54) is 0 Å². The quantitative estimate of drug-likeness (QED) is 0.800. The Labute approximate surface area is 151 Å². The number of nitrogens with zero attached hydrogens (tertiary/aromatic N) is 3. The predicted molar refractivity (Wildman–Crippen MR) is 84.8 cm³/mol. The van der Waals surface area contributed by atoms with E-state index < -0.39 is 12.1 Å². The van der Waals surface area contributed by atoms with Gasteiger partial charge in [0.15, 0.2) is 6.61 Å². The van der Waals surface area contributed by atoms with E-state index in [4.69, 9.17) is 20.8 Å². The van der Waals surface area contributed by atoms with E-state index in [9.17, 15) is 18.0 Å². The van der Waals surface area contributed by atoms with Gasteiger partial charge in [0.25, 0.3) is 5.91 Å². The van der Waals surface area contributed by atoms with E-state index in [1.54, 1.807) is 29.2 Å². The van der Waals surface area contributed by atoms with Gasteiger partial charge in [-0.15, -0.1) is 10.2 Å². The van der Waals surface area contributed by atoms with Gasteiger partial charge in [-0.05, 0) is 37.1 Å². The summed E-state index contributed by atoms with van der Waals surface area (Å²) in [6, 6.07) is 6.64. The maximum absolute atomic E-state index is 12.5. The van der Waals surface area contributed by atoms with Gasteiger partial charge >= 0.3 is 12.1 Å². The monoisotopic (exact) mass is 389 g/mol. The lowest BCUT2D eigenvalue weighted by atomic mass is 9.97. The third-order valence-corrected chi connectivity index (χ3v) is 4.31. The Morgan fingerprint density at radius 1 is 1.23 bits per heavy atom. The zero-order valence-corrected chi connectivity index (χ0v) is 14.3. The molecule has 1 amide bonds. The zero-order valence-electron chi connectivity index (χ0n) is 13.5. The molecule has 1 saturated heterocycles. The fourth-order valence-corrected chi connectivity index (χ4v) is 2.78. The normalized spacial score (nSPS) is 15.9. The molecule has 1 aliphatic heterocycles. The fraction of sp³-hybridized carbons (Fsp3) is 0.438. The number of hydrogen-bond donors (Lipinski definition) is 0. The van der Waals surface area contributed by atoms with Crippen molar-refractivity contribution in [3.8, 4) is 5.75 Å². The molecular formula is C16H15ClF3N3O3. The molecular weight excluding hydrogens is 375 g/mol. The van der Waals surface area contributed by atoms with E-state index in [2.05, 4.69) is 10.2 Å². The maximum Gasteiger partial charge on any atom is 0.470 e. The molecule has 0 spiro atoms. The lowest BCUT2D eigenvalue weighted by Gasteiger charge is -2.30. The molecule has 0 N–H and O–H groups in total. The van der Waals surface area contributed by atoms with Gasteiger partial charge in [0.2, 0.25) is 5.89 Å². The highest BCUT2D eigenvalue weighted by Gasteiger charge is 2.39. The van der Waals surface area contributed by atoms with Gasteiger partial charge in [0.05, 0.1) is 0 Å². The second-order valence-electron chi connectivity index (χ2n) is 5.84. The molecule has 2 heterocycles. The summed E-state index contributed by atoms with van der Waals surface area (Å²) in [5.74, 6) is -1.34. The van der Waals surface area contributed by atoms with E-state index >= 15 is 0 Å². The molecule has 26 heavy (non-hydrogen) atoms. The first-order valence-electron chi connectivity index (χ1n) is 7.89. The molecule has 140 valence electrons. The molecule has 10 heteroatoms. The molecule has 1 aliphatic rings. The summed E-state index contributed by atoms with van der Waals surface area (Å²) in [5.41, 5.74) is 0. The summed E-state index contributed by atoms with van der Waals surface area (Å²) >= 11 is 5.78. The second kappa shape index (κ2) is 7.53. The number of hydrogen-bond acceptors (Lipinski definition) is 5. The molecule has 1 aromatic heterocycles. The van der Waals surface area contributed by atoms with Crippen molar-refractivity contribution >= 4 is 17.5 Å². The van der Waals surface area contributed by atoms with Gasteiger partial charge in [-0.25, -0.2) is 0 Å². The van der Waals surface area contributed by atoms with Crippen LogP contribution >= 0.6 is 11.6 Å². The van der Waals surface area contributed by atoms with Crippen LogP contribution in [-0.4, -0.2) is 40.7 Å². The highest BCUT2D eigenvalue weighted by Crippen LogP contribution is 2.32. The maximum atomic E-state index is 12.5. The molecule has 1 fully saturated rings. The molecule has 6 nitrogen and oxygen atoms in total. The molecule has 0 bridgehead atoms. The lowest BCUT2D eigenvalue weighted by molar-refractivity contribution is -0.157. The van der Waals surface area contributed by atoms with Crippen LogP contribution in [0.4, 0.5) is 13.2 Å². The number of amides is 1. The van der Waals surface area contributed by atoms with Gasteiger partial charge < -0.3 is 14.1 Å². The molecule has 0 atom stereocenters. The molecule has 3 rings (SSSR count). The standard InChI is InChI=1S/C16H15ClF3N3O3/c17-11-1-3-12(4-2-11)25-9-13(24)23-7-5-10(6-8-23)14-21-22-15(26-14)16(18,19)20/h1-4,10H,5-9H2. The molecule has 0 unspecified atom stereocenters. The van der Waals surface area contributed by atoms with Crippen LogP contribution < -0.4 is 4.74 Å². The molecule has 1 aromatic carbocycles. The van der Waals surface area contributed by atoms with Crippen LogP contribution in [0.15, 0.2) is 28.7 Å². The Morgan fingerprint density at radius 2 is 1.88 bits per heavy atom. The van der Waals surface area contributed by atoms with Crippen LogP contribution in [0.2, 0.25) is 5.02 Å². The zero-order chi connectivity index (χ0) is 18.7. The van der Waals surface area contributed by atoms with E-state index in [1.807, 2.05) is 0 Å². The van der Waals surface area contributed by atoms with Crippen molar-refractivity contribution in [2.24, 2.45) is 0 Å². The van der Waals surface area contributed by atoms with Crippen molar-refractivity contribution < 1.29 is 27.1 Å². The van der Waals surface area contributed by atoms with E-state index in [0.29, 0.717) is 36.7 Å².